The topological polar surface area (TPSA) is 64.4 Å². The molecule has 1 atom stereocenters. The number of halogens is 1. The molecule has 5 nitrogen and oxygen atoms in total. The molecular weight excluding hydrogens is 456 g/mol. The van der Waals surface area contributed by atoms with Crippen molar-refractivity contribution in [2.24, 2.45) is 0 Å². The van der Waals surface area contributed by atoms with Crippen LogP contribution in [0.1, 0.15) is 31.7 Å². The Morgan fingerprint density at radius 3 is 2.55 bits per heavy atom. The molecule has 6 heteroatoms. The molecule has 158 valence electrons. The van der Waals surface area contributed by atoms with Crippen LogP contribution in [0, 0.1) is 0 Å². The second-order valence-electron chi connectivity index (χ2n) is 7.42. The summed E-state index contributed by atoms with van der Waals surface area (Å²) in [4.78, 5) is 16.8. The Hall–Kier alpha value is -3.12. The van der Waals surface area contributed by atoms with E-state index in [1.165, 1.54) is 5.56 Å². The van der Waals surface area contributed by atoms with E-state index >= 15 is 0 Å². The molecule has 3 aromatic carbocycles. The summed E-state index contributed by atoms with van der Waals surface area (Å²) in [6, 6.07) is 20.9. The molecule has 1 amide bonds. The van der Waals surface area contributed by atoms with E-state index in [1.54, 1.807) is 12.1 Å². The van der Waals surface area contributed by atoms with Crippen molar-refractivity contribution in [3.8, 4) is 17.2 Å². The van der Waals surface area contributed by atoms with Crippen LogP contribution in [-0.4, -0.2) is 17.5 Å². The van der Waals surface area contributed by atoms with Gasteiger partial charge < -0.3 is 14.5 Å². The SMILES string of the molecule is CCC(C)c1ccc2oc(-c3ccc(NC(=O)COc4ccc(Br)cc4)cc3)nc2c1. The van der Waals surface area contributed by atoms with Gasteiger partial charge in [0, 0.05) is 15.7 Å². The molecule has 0 saturated carbocycles. The number of hydrogen-bond acceptors (Lipinski definition) is 4. The van der Waals surface area contributed by atoms with Crippen molar-refractivity contribution in [1.29, 1.82) is 0 Å². The van der Waals surface area contributed by atoms with E-state index in [4.69, 9.17) is 9.15 Å². The highest BCUT2D eigenvalue weighted by atomic mass is 79.9. The smallest absolute Gasteiger partial charge is 0.262 e. The largest absolute Gasteiger partial charge is 0.484 e. The van der Waals surface area contributed by atoms with Gasteiger partial charge in [-0.05, 0) is 78.6 Å². The van der Waals surface area contributed by atoms with Crippen LogP contribution in [-0.2, 0) is 4.79 Å². The summed E-state index contributed by atoms with van der Waals surface area (Å²) in [6.07, 6.45) is 1.08. The van der Waals surface area contributed by atoms with Crippen LogP contribution in [0.3, 0.4) is 0 Å². The van der Waals surface area contributed by atoms with Crippen LogP contribution in [0.2, 0.25) is 0 Å². The third-order valence-corrected chi connectivity index (χ3v) is 5.72. The lowest BCUT2D eigenvalue weighted by molar-refractivity contribution is -0.118. The number of anilines is 1. The van der Waals surface area contributed by atoms with Crippen LogP contribution in [0.25, 0.3) is 22.6 Å². The zero-order valence-electron chi connectivity index (χ0n) is 17.4. The van der Waals surface area contributed by atoms with Gasteiger partial charge in [0.1, 0.15) is 11.3 Å². The number of carbonyl (C=O) groups excluding carboxylic acids is 1. The first-order valence-corrected chi connectivity index (χ1v) is 11.0. The first kappa shape index (κ1) is 21.1. The lowest BCUT2D eigenvalue weighted by atomic mass is 9.98. The quantitative estimate of drug-likeness (QED) is 0.317. The summed E-state index contributed by atoms with van der Waals surface area (Å²) >= 11 is 3.37. The summed E-state index contributed by atoms with van der Waals surface area (Å²) in [5.41, 5.74) is 4.42. The summed E-state index contributed by atoms with van der Waals surface area (Å²) < 4.78 is 12.4. The molecule has 0 bridgehead atoms. The van der Waals surface area contributed by atoms with Crippen molar-refractivity contribution in [3.05, 3.63) is 76.8 Å². The van der Waals surface area contributed by atoms with Crippen molar-refractivity contribution < 1.29 is 13.9 Å². The Morgan fingerprint density at radius 2 is 1.84 bits per heavy atom. The van der Waals surface area contributed by atoms with Crippen molar-refractivity contribution in [2.45, 2.75) is 26.2 Å². The van der Waals surface area contributed by atoms with Crippen LogP contribution in [0.5, 0.6) is 5.75 Å². The van der Waals surface area contributed by atoms with Crippen LogP contribution in [0.4, 0.5) is 5.69 Å². The van der Waals surface area contributed by atoms with Gasteiger partial charge in [0.2, 0.25) is 5.89 Å². The number of fused-ring (bicyclic) bond motifs is 1. The molecule has 1 aromatic heterocycles. The van der Waals surface area contributed by atoms with Crippen molar-refractivity contribution >= 4 is 38.6 Å². The average molecular weight is 479 g/mol. The van der Waals surface area contributed by atoms with Gasteiger partial charge in [0.05, 0.1) is 0 Å². The molecular formula is C25H23BrN2O3. The maximum Gasteiger partial charge on any atom is 0.262 e. The van der Waals surface area contributed by atoms with Crippen LogP contribution < -0.4 is 10.1 Å². The standard InChI is InChI=1S/C25H23BrN2O3/c1-3-16(2)18-6-13-23-22(14-18)28-25(31-23)17-4-9-20(10-5-17)27-24(29)15-30-21-11-7-19(26)8-12-21/h4-14,16H,3,15H2,1-2H3,(H,27,29). The third kappa shape index (κ3) is 5.14. The number of amides is 1. The van der Waals surface area contributed by atoms with Gasteiger partial charge >= 0.3 is 0 Å². The Morgan fingerprint density at radius 1 is 1.10 bits per heavy atom. The van der Waals surface area contributed by atoms with E-state index in [-0.39, 0.29) is 12.5 Å². The highest BCUT2D eigenvalue weighted by Crippen LogP contribution is 2.28. The minimum atomic E-state index is -0.227. The van der Waals surface area contributed by atoms with Gasteiger partial charge in [0.25, 0.3) is 5.91 Å². The second kappa shape index (κ2) is 9.35. The minimum absolute atomic E-state index is 0.0625. The maximum absolute atomic E-state index is 12.2. The predicted octanol–water partition coefficient (Wildman–Crippen LogP) is 6.79. The fourth-order valence-corrected chi connectivity index (χ4v) is 3.45. The number of rotatable bonds is 7. The van der Waals surface area contributed by atoms with Gasteiger partial charge in [0.15, 0.2) is 12.2 Å². The molecule has 0 fully saturated rings. The van der Waals surface area contributed by atoms with E-state index in [9.17, 15) is 4.79 Å². The highest BCUT2D eigenvalue weighted by Gasteiger charge is 2.11. The Kier molecular flexibility index (Phi) is 6.37. The molecule has 0 radical (unpaired) electrons. The molecule has 4 rings (SSSR count). The third-order valence-electron chi connectivity index (χ3n) is 5.19. The number of nitrogens with one attached hydrogen (secondary N) is 1. The van der Waals surface area contributed by atoms with Gasteiger partial charge in [-0.3, -0.25) is 4.79 Å². The Labute approximate surface area is 189 Å². The zero-order chi connectivity index (χ0) is 21.8. The maximum atomic E-state index is 12.2. The number of ether oxygens (including phenoxy) is 1. The summed E-state index contributed by atoms with van der Waals surface area (Å²) in [5.74, 6) is 1.46. The van der Waals surface area contributed by atoms with Gasteiger partial charge in [-0.25, -0.2) is 4.98 Å². The molecule has 0 saturated heterocycles. The zero-order valence-corrected chi connectivity index (χ0v) is 19.0. The highest BCUT2D eigenvalue weighted by molar-refractivity contribution is 9.10. The van der Waals surface area contributed by atoms with E-state index < -0.39 is 0 Å². The van der Waals surface area contributed by atoms with Crippen LogP contribution in [0.15, 0.2) is 75.6 Å². The van der Waals surface area contributed by atoms with E-state index in [0.717, 1.165) is 27.6 Å². The van der Waals surface area contributed by atoms with E-state index in [1.807, 2.05) is 42.5 Å². The number of carbonyl (C=O) groups is 1. The second-order valence-corrected chi connectivity index (χ2v) is 8.34. The number of hydrogen-bond donors (Lipinski definition) is 1. The van der Waals surface area contributed by atoms with Gasteiger partial charge in [-0.15, -0.1) is 0 Å². The number of nitrogens with zero attached hydrogens (tertiary/aromatic N) is 1. The number of aromatic nitrogens is 1. The van der Waals surface area contributed by atoms with Crippen molar-refractivity contribution in [3.63, 3.8) is 0 Å². The first-order valence-electron chi connectivity index (χ1n) is 10.2. The lowest BCUT2D eigenvalue weighted by Gasteiger charge is -2.08. The minimum Gasteiger partial charge on any atom is -0.484 e. The molecule has 1 heterocycles. The molecule has 0 aliphatic carbocycles. The normalized spacial score (nSPS) is 12.0. The van der Waals surface area contributed by atoms with Crippen molar-refractivity contribution in [1.82, 2.24) is 4.98 Å². The summed E-state index contributed by atoms with van der Waals surface area (Å²) in [5, 5.41) is 2.83. The fraction of sp³-hybridized carbons (Fsp3) is 0.200. The van der Waals surface area contributed by atoms with Crippen molar-refractivity contribution in [2.75, 3.05) is 11.9 Å². The Bertz CT molecular complexity index is 1180. The summed E-state index contributed by atoms with van der Waals surface area (Å²) in [7, 11) is 0. The van der Waals surface area contributed by atoms with E-state index in [2.05, 4.69) is 52.2 Å². The predicted molar refractivity (Wildman–Crippen MR) is 126 cm³/mol. The molecule has 0 spiro atoms. The molecule has 31 heavy (non-hydrogen) atoms. The monoisotopic (exact) mass is 478 g/mol. The molecule has 0 aliphatic heterocycles. The fourth-order valence-electron chi connectivity index (χ4n) is 3.18. The summed E-state index contributed by atoms with van der Waals surface area (Å²) in [6.45, 7) is 4.32. The average Bonchev–Trinajstić information content (AvgIpc) is 3.22. The number of benzene rings is 3. The van der Waals surface area contributed by atoms with Gasteiger partial charge in [-0.2, -0.15) is 0 Å². The first-order chi connectivity index (χ1) is 15.0. The van der Waals surface area contributed by atoms with Gasteiger partial charge in [-0.1, -0.05) is 35.8 Å². The number of oxazole rings is 1. The molecule has 0 aliphatic rings. The van der Waals surface area contributed by atoms with E-state index in [0.29, 0.717) is 23.2 Å². The van der Waals surface area contributed by atoms with Crippen LogP contribution >= 0.6 is 15.9 Å². The lowest BCUT2D eigenvalue weighted by Crippen LogP contribution is -2.20. The molecule has 1 unspecified atom stereocenters. The molecule has 4 aromatic rings. The Balaban J connectivity index is 1.40. The molecule has 1 N–H and O–H groups in total.